The molecule has 2 aromatic rings. The Hall–Kier alpha value is -3.57. The molecule has 0 saturated heterocycles. The summed E-state index contributed by atoms with van der Waals surface area (Å²) in [5, 5.41) is 23.3. The van der Waals surface area contributed by atoms with Crippen LogP contribution in [-0.4, -0.2) is 24.5 Å². The van der Waals surface area contributed by atoms with Crippen molar-refractivity contribution >= 4 is 35.0 Å². The van der Waals surface area contributed by atoms with Crippen LogP contribution < -0.4 is 14.8 Å². The highest BCUT2D eigenvalue weighted by Crippen LogP contribution is 2.37. The van der Waals surface area contributed by atoms with Crippen LogP contribution in [0.3, 0.4) is 0 Å². The molecule has 0 aliphatic carbocycles. The summed E-state index contributed by atoms with van der Waals surface area (Å²) in [4.78, 5) is 23.1. The summed E-state index contributed by atoms with van der Waals surface area (Å²) >= 11 is 6.21. The zero-order valence-corrected chi connectivity index (χ0v) is 16.7. The number of nitro groups is 1. The SMILES string of the molecule is CCOc1c(Cl)cc(/C=C(\C#N)C(=O)Nc2ccc(C)cc2[N+](=O)[O-])cc1OC. The summed E-state index contributed by atoms with van der Waals surface area (Å²) in [5.74, 6) is -0.0899. The minimum absolute atomic E-state index is 0.00550. The third kappa shape index (κ3) is 5.24. The van der Waals surface area contributed by atoms with E-state index in [1.165, 1.54) is 31.4 Å². The summed E-state index contributed by atoms with van der Waals surface area (Å²) in [6.07, 6.45) is 1.31. The van der Waals surface area contributed by atoms with Crippen LogP contribution in [0.15, 0.2) is 35.9 Å². The van der Waals surface area contributed by atoms with E-state index in [4.69, 9.17) is 21.1 Å². The molecule has 29 heavy (non-hydrogen) atoms. The number of anilines is 1. The first kappa shape index (κ1) is 21.7. The standard InChI is InChI=1S/C20H18ClN3O5/c1-4-29-19-15(21)9-13(10-18(19)28-3)8-14(11-22)20(25)23-16-6-5-12(2)7-17(16)24(26)27/h5-10H,4H2,1-3H3,(H,23,25)/b14-8+. The molecule has 0 aliphatic heterocycles. The molecule has 150 valence electrons. The van der Waals surface area contributed by atoms with Gasteiger partial charge >= 0.3 is 0 Å². The first-order valence-corrected chi connectivity index (χ1v) is 8.87. The minimum Gasteiger partial charge on any atom is -0.493 e. The van der Waals surface area contributed by atoms with E-state index in [0.717, 1.165) is 0 Å². The van der Waals surface area contributed by atoms with Gasteiger partial charge in [-0.2, -0.15) is 5.26 Å². The normalized spacial score (nSPS) is 10.8. The molecular formula is C20H18ClN3O5. The Morgan fingerprint density at radius 1 is 1.38 bits per heavy atom. The van der Waals surface area contributed by atoms with Crippen molar-refractivity contribution in [2.24, 2.45) is 0 Å². The Bertz CT molecular complexity index is 1030. The molecule has 0 radical (unpaired) electrons. The predicted molar refractivity (Wildman–Crippen MR) is 109 cm³/mol. The number of aryl methyl sites for hydroxylation is 1. The number of rotatable bonds is 7. The molecule has 2 rings (SSSR count). The quantitative estimate of drug-likeness (QED) is 0.308. The summed E-state index contributed by atoms with van der Waals surface area (Å²) in [7, 11) is 1.44. The van der Waals surface area contributed by atoms with Gasteiger partial charge in [-0.1, -0.05) is 17.7 Å². The van der Waals surface area contributed by atoms with Crippen molar-refractivity contribution in [3.8, 4) is 17.6 Å². The molecular weight excluding hydrogens is 398 g/mol. The lowest BCUT2D eigenvalue weighted by Gasteiger charge is -2.12. The summed E-state index contributed by atoms with van der Waals surface area (Å²) in [5.41, 5.74) is 0.569. The fraction of sp³-hybridized carbons (Fsp3) is 0.200. The van der Waals surface area contributed by atoms with Crippen molar-refractivity contribution < 1.29 is 19.2 Å². The Balaban J connectivity index is 2.38. The topological polar surface area (TPSA) is 114 Å². The molecule has 0 fully saturated rings. The number of nitrogens with one attached hydrogen (secondary N) is 1. The average Bonchev–Trinajstić information content (AvgIpc) is 2.68. The minimum atomic E-state index is -0.788. The van der Waals surface area contributed by atoms with E-state index >= 15 is 0 Å². The van der Waals surface area contributed by atoms with Crippen LogP contribution in [0.1, 0.15) is 18.1 Å². The predicted octanol–water partition coefficient (Wildman–Crippen LogP) is 4.51. The van der Waals surface area contributed by atoms with Crippen LogP contribution in [0.25, 0.3) is 6.08 Å². The Morgan fingerprint density at radius 2 is 2.10 bits per heavy atom. The van der Waals surface area contributed by atoms with Crippen molar-refractivity contribution in [1.29, 1.82) is 5.26 Å². The first-order valence-electron chi connectivity index (χ1n) is 8.49. The lowest BCUT2D eigenvalue weighted by atomic mass is 10.1. The van der Waals surface area contributed by atoms with Crippen molar-refractivity contribution in [2.75, 3.05) is 19.0 Å². The maximum absolute atomic E-state index is 12.5. The number of nitrogens with zero attached hydrogens (tertiary/aromatic N) is 2. The van der Waals surface area contributed by atoms with E-state index in [1.807, 2.05) is 0 Å². The number of benzene rings is 2. The lowest BCUT2D eigenvalue weighted by molar-refractivity contribution is -0.384. The number of hydrogen-bond acceptors (Lipinski definition) is 6. The van der Waals surface area contributed by atoms with E-state index in [-0.39, 0.29) is 22.0 Å². The van der Waals surface area contributed by atoms with E-state index in [2.05, 4.69) is 5.32 Å². The molecule has 2 aromatic carbocycles. The van der Waals surface area contributed by atoms with E-state index in [9.17, 15) is 20.2 Å². The van der Waals surface area contributed by atoms with Crippen LogP contribution in [0, 0.1) is 28.4 Å². The number of methoxy groups -OCH3 is 1. The molecule has 1 amide bonds. The summed E-state index contributed by atoms with van der Waals surface area (Å²) < 4.78 is 10.7. The van der Waals surface area contributed by atoms with Gasteiger partial charge in [-0.3, -0.25) is 14.9 Å². The molecule has 8 nitrogen and oxygen atoms in total. The second kappa shape index (κ2) is 9.57. The van der Waals surface area contributed by atoms with Crippen LogP contribution in [0.5, 0.6) is 11.5 Å². The number of halogens is 1. The molecule has 0 unspecified atom stereocenters. The molecule has 0 saturated carbocycles. The van der Waals surface area contributed by atoms with Crippen molar-refractivity contribution in [1.82, 2.24) is 0 Å². The van der Waals surface area contributed by atoms with Gasteiger partial charge in [0.15, 0.2) is 11.5 Å². The van der Waals surface area contributed by atoms with Crippen molar-refractivity contribution in [3.63, 3.8) is 0 Å². The number of ether oxygens (including phenoxy) is 2. The molecule has 0 aliphatic rings. The fourth-order valence-corrected chi connectivity index (χ4v) is 2.78. The second-order valence-corrected chi connectivity index (χ2v) is 6.28. The zero-order valence-electron chi connectivity index (χ0n) is 16.0. The van der Waals surface area contributed by atoms with Crippen LogP contribution in [0.2, 0.25) is 5.02 Å². The van der Waals surface area contributed by atoms with Crippen LogP contribution >= 0.6 is 11.6 Å². The smallest absolute Gasteiger partial charge is 0.293 e. The van der Waals surface area contributed by atoms with Crippen LogP contribution in [0.4, 0.5) is 11.4 Å². The molecule has 0 aromatic heterocycles. The molecule has 0 atom stereocenters. The maximum atomic E-state index is 12.5. The Kier molecular flexibility index (Phi) is 7.17. The highest BCUT2D eigenvalue weighted by atomic mass is 35.5. The molecule has 0 heterocycles. The second-order valence-electron chi connectivity index (χ2n) is 5.87. The van der Waals surface area contributed by atoms with Gasteiger partial charge in [0.1, 0.15) is 17.3 Å². The largest absolute Gasteiger partial charge is 0.493 e. The molecule has 1 N–H and O–H groups in total. The highest BCUT2D eigenvalue weighted by molar-refractivity contribution is 6.32. The van der Waals surface area contributed by atoms with E-state index in [1.54, 1.807) is 32.0 Å². The highest BCUT2D eigenvalue weighted by Gasteiger charge is 2.19. The van der Waals surface area contributed by atoms with Crippen LogP contribution in [-0.2, 0) is 4.79 Å². The van der Waals surface area contributed by atoms with Gasteiger partial charge in [-0.15, -0.1) is 0 Å². The number of carbonyl (C=O) groups is 1. The average molecular weight is 416 g/mol. The number of nitriles is 1. The van der Waals surface area contributed by atoms with Crippen molar-refractivity contribution in [2.45, 2.75) is 13.8 Å². The third-order valence-electron chi connectivity index (χ3n) is 3.81. The lowest BCUT2D eigenvalue weighted by Crippen LogP contribution is -2.14. The van der Waals surface area contributed by atoms with Gasteiger partial charge < -0.3 is 14.8 Å². The Morgan fingerprint density at radius 3 is 2.69 bits per heavy atom. The number of nitro benzene ring substituents is 1. The van der Waals surface area contributed by atoms with Gasteiger partial charge in [0.05, 0.1) is 23.7 Å². The monoisotopic (exact) mass is 415 g/mol. The Labute approximate surface area is 172 Å². The maximum Gasteiger partial charge on any atom is 0.293 e. The molecule has 0 bridgehead atoms. The van der Waals surface area contributed by atoms with Gasteiger partial charge in [-0.05, 0) is 49.2 Å². The number of hydrogen-bond donors (Lipinski definition) is 1. The van der Waals surface area contributed by atoms with Crippen molar-refractivity contribution in [3.05, 3.63) is 62.2 Å². The summed E-state index contributed by atoms with van der Waals surface area (Å²) in [6, 6.07) is 9.25. The molecule has 9 heteroatoms. The summed E-state index contributed by atoms with van der Waals surface area (Å²) in [6.45, 7) is 3.88. The van der Waals surface area contributed by atoms with Gasteiger partial charge in [0.25, 0.3) is 11.6 Å². The number of carbonyl (C=O) groups excluding carboxylic acids is 1. The van der Waals surface area contributed by atoms with E-state index in [0.29, 0.717) is 29.2 Å². The molecule has 0 spiro atoms. The van der Waals surface area contributed by atoms with Gasteiger partial charge in [-0.25, -0.2) is 0 Å². The number of amides is 1. The fourth-order valence-electron chi connectivity index (χ4n) is 2.51. The first-order chi connectivity index (χ1) is 13.8. The zero-order chi connectivity index (χ0) is 21.6. The van der Waals surface area contributed by atoms with Gasteiger partial charge in [0.2, 0.25) is 0 Å². The van der Waals surface area contributed by atoms with E-state index < -0.39 is 10.8 Å². The third-order valence-corrected chi connectivity index (χ3v) is 4.10. The van der Waals surface area contributed by atoms with Gasteiger partial charge in [0, 0.05) is 6.07 Å².